The third-order valence-corrected chi connectivity index (χ3v) is 2.78. The first-order valence-electron chi connectivity index (χ1n) is 3.93. The van der Waals surface area contributed by atoms with E-state index in [1.54, 1.807) is 0 Å². The van der Waals surface area contributed by atoms with Gasteiger partial charge >= 0.3 is 0 Å². The molecule has 5 N–H and O–H groups in total. The fraction of sp³-hybridized carbons (Fsp3) is 0.833. The Kier molecular flexibility index (Phi) is 5.60. The predicted molar refractivity (Wildman–Crippen MR) is 49.3 cm³/mol. The minimum absolute atomic E-state index is 0.0116. The molecule has 1 amide bonds. The van der Waals surface area contributed by atoms with Gasteiger partial charge in [0.05, 0.1) is 5.75 Å². The van der Waals surface area contributed by atoms with Crippen LogP contribution in [-0.2, 0) is 14.8 Å². The molecule has 0 radical (unpaired) electrons. The zero-order valence-corrected chi connectivity index (χ0v) is 8.14. The van der Waals surface area contributed by atoms with Crippen LogP contribution in [0.5, 0.6) is 0 Å². The largest absolute Gasteiger partial charge is 0.370 e. The second-order valence-corrected chi connectivity index (χ2v) is 4.50. The summed E-state index contributed by atoms with van der Waals surface area (Å²) in [7, 11) is -3.28. The van der Waals surface area contributed by atoms with Gasteiger partial charge in [-0.15, -0.1) is 0 Å². The van der Waals surface area contributed by atoms with Crippen molar-refractivity contribution in [2.45, 2.75) is 12.8 Å². The molecule has 7 heteroatoms. The van der Waals surface area contributed by atoms with E-state index in [9.17, 15) is 13.2 Å². The number of primary amides is 1. The highest BCUT2D eigenvalue weighted by atomic mass is 32.2. The number of amides is 1. The van der Waals surface area contributed by atoms with Crippen LogP contribution in [0.4, 0.5) is 0 Å². The molecule has 0 unspecified atom stereocenters. The summed E-state index contributed by atoms with van der Waals surface area (Å²) in [5, 5.41) is 0. The normalized spacial score (nSPS) is 11.5. The Morgan fingerprint density at radius 2 is 2.00 bits per heavy atom. The summed E-state index contributed by atoms with van der Waals surface area (Å²) >= 11 is 0. The fourth-order valence-corrected chi connectivity index (χ4v) is 1.78. The molecule has 0 fully saturated rings. The van der Waals surface area contributed by atoms with Crippen LogP contribution in [0.25, 0.3) is 0 Å². The van der Waals surface area contributed by atoms with Crippen LogP contribution >= 0.6 is 0 Å². The maximum atomic E-state index is 11.1. The summed E-state index contributed by atoms with van der Waals surface area (Å²) < 4.78 is 24.3. The standard InChI is InChI=1S/C6H15N3O3S/c7-3-1-5-13(11,12)9-4-2-6(8)10/h9H,1-5,7H2,(H2,8,10). The highest BCUT2D eigenvalue weighted by Crippen LogP contribution is 1.88. The molecule has 0 atom stereocenters. The van der Waals surface area contributed by atoms with Crippen LogP contribution in [0.1, 0.15) is 12.8 Å². The van der Waals surface area contributed by atoms with Crippen molar-refractivity contribution >= 4 is 15.9 Å². The Balaban J connectivity index is 3.70. The Labute approximate surface area is 77.7 Å². The lowest BCUT2D eigenvalue weighted by molar-refractivity contribution is -0.117. The van der Waals surface area contributed by atoms with Crippen molar-refractivity contribution in [3.05, 3.63) is 0 Å². The van der Waals surface area contributed by atoms with E-state index >= 15 is 0 Å². The Hall–Kier alpha value is -0.660. The zero-order chi connectivity index (χ0) is 10.3. The first kappa shape index (κ1) is 12.3. The average Bonchev–Trinajstić information content (AvgIpc) is 2.00. The van der Waals surface area contributed by atoms with Crippen molar-refractivity contribution in [2.75, 3.05) is 18.8 Å². The number of nitrogens with two attached hydrogens (primary N) is 2. The van der Waals surface area contributed by atoms with Crippen molar-refractivity contribution in [1.82, 2.24) is 4.72 Å². The van der Waals surface area contributed by atoms with E-state index in [2.05, 4.69) is 4.72 Å². The van der Waals surface area contributed by atoms with E-state index in [1.807, 2.05) is 0 Å². The number of sulfonamides is 1. The van der Waals surface area contributed by atoms with Crippen LogP contribution in [-0.4, -0.2) is 33.2 Å². The molecule has 0 aromatic carbocycles. The van der Waals surface area contributed by atoms with Gasteiger partial charge in [-0.1, -0.05) is 0 Å². The van der Waals surface area contributed by atoms with Crippen LogP contribution in [0.2, 0.25) is 0 Å². The van der Waals surface area contributed by atoms with Crippen molar-refractivity contribution in [2.24, 2.45) is 11.5 Å². The van der Waals surface area contributed by atoms with Crippen molar-refractivity contribution in [3.63, 3.8) is 0 Å². The smallest absolute Gasteiger partial charge is 0.218 e. The monoisotopic (exact) mass is 209 g/mol. The second-order valence-electron chi connectivity index (χ2n) is 2.57. The number of rotatable bonds is 7. The minimum Gasteiger partial charge on any atom is -0.370 e. The predicted octanol–water partition coefficient (Wildman–Crippen LogP) is -1.87. The molecule has 13 heavy (non-hydrogen) atoms. The molecule has 0 bridgehead atoms. The molecule has 0 aliphatic carbocycles. The summed E-state index contributed by atoms with van der Waals surface area (Å²) in [6.07, 6.45) is 0.424. The van der Waals surface area contributed by atoms with Crippen LogP contribution in [0.3, 0.4) is 0 Å². The molecular weight excluding hydrogens is 194 g/mol. The maximum Gasteiger partial charge on any atom is 0.218 e. The summed E-state index contributed by atoms with van der Waals surface area (Å²) in [5.74, 6) is -0.538. The summed E-state index contributed by atoms with van der Waals surface area (Å²) in [5.41, 5.74) is 9.97. The van der Waals surface area contributed by atoms with Gasteiger partial charge in [0.1, 0.15) is 0 Å². The van der Waals surface area contributed by atoms with Gasteiger partial charge in [-0.25, -0.2) is 13.1 Å². The molecule has 78 valence electrons. The third kappa shape index (κ3) is 7.69. The summed E-state index contributed by atoms with van der Waals surface area (Å²) in [6, 6.07) is 0. The van der Waals surface area contributed by atoms with Crippen LogP contribution < -0.4 is 16.2 Å². The Bertz CT molecular complexity index is 250. The van der Waals surface area contributed by atoms with E-state index in [0.717, 1.165) is 0 Å². The molecule has 0 aromatic heterocycles. The van der Waals surface area contributed by atoms with Gasteiger partial charge in [0, 0.05) is 13.0 Å². The first-order valence-corrected chi connectivity index (χ1v) is 5.59. The lowest BCUT2D eigenvalue weighted by Gasteiger charge is -2.03. The van der Waals surface area contributed by atoms with Gasteiger partial charge in [-0.3, -0.25) is 4.79 Å². The summed E-state index contributed by atoms with van der Waals surface area (Å²) in [6.45, 7) is 0.388. The van der Waals surface area contributed by atoms with E-state index in [4.69, 9.17) is 11.5 Å². The highest BCUT2D eigenvalue weighted by molar-refractivity contribution is 7.89. The molecule has 0 saturated heterocycles. The SMILES string of the molecule is NCCCS(=O)(=O)NCCC(N)=O. The van der Waals surface area contributed by atoms with Gasteiger partial charge in [0.25, 0.3) is 0 Å². The van der Waals surface area contributed by atoms with E-state index in [-0.39, 0.29) is 18.7 Å². The molecule has 6 nitrogen and oxygen atoms in total. The topological polar surface area (TPSA) is 115 Å². The number of hydrogen-bond acceptors (Lipinski definition) is 4. The molecule has 0 spiro atoms. The highest BCUT2D eigenvalue weighted by Gasteiger charge is 2.08. The van der Waals surface area contributed by atoms with E-state index in [1.165, 1.54) is 0 Å². The van der Waals surface area contributed by atoms with Crippen LogP contribution in [0, 0.1) is 0 Å². The molecule has 0 aliphatic heterocycles. The van der Waals surface area contributed by atoms with E-state index < -0.39 is 15.9 Å². The number of nitrogens with one attached hydrogen (secondary N) is 1. The van der Waals surface area contributed by atoms with Crippen LogP contribution in [0.15, 0.2) is 0 Å². The molecule has 0 heterocycles. The van der Waals surface area contributed by atoms with Gasteiger partial charge in [-0.05, 0) is 13.0 Å². The maximum absolute atomic E-state index is 11.1. The lowest BCUT2D eigenvalue weighted by Crippen LogP contribution is -2.30. The molecule has 0 saturated carbocycles. The number of carbonyl (C=O) groups excluding carboxylic acids is 1. The number of hydrogen-bond donors (Lipinski definition) is 3. The molecule has 0 aromatic rings. The van der Waals surface area contributed by atoms with E-state index in [0.29, 0.717) is 13.0 Å². The first-order chi connectivity index (χ1) is 5.98. The quantitative estimate of drug-likeness (QED) is 0.455. The van der Waals surface area contributed by atoms with Gasteiger partial charge < -0.3 is 11.5 Å². The van der Waals surface area contributed by atoms with Gasteiger partial charge in [0.15, 0.2) is 0 Å². The average molecular weight is 209 g/mol. The second kappa shape index (κ2) is 5.90. The minimum atomic E-state index is -3.28. The van der Waals surface area contributed by atoms with Crippen molar-refractivity contribution < 1.29 is 13.2 Å². The van der Waals surface area contributed by atoms with Gasteiger partial charge in [0.2, 0.25) is 15.9 Å². The number of carbonyl (C=O) groups is 1. The summed E-state index contributed by atoms with van der Waals surface area (Å²) in [4.78, 5) is 10.3. The zero-order valence-electron chi connectivity index (χ0n) is 7.32. The molecule has 0 aliphatic rings. The van der Waals surface area contributed by atoms with Crippen molar-refractivity contribution in [1.29, 1.82) is 0 Å². The third-order valence-electron chi connectivity index (χ3n) is 1.31. The Morgan fingerprint density at radius 1 is 1.38 bits per heavy atom. The lowest BCUT2D eigenvalue weighted by atomic mass is 10.4. The molecule has 0 rings (SSSR count). The van der Waals surface area contributed by atoms with Crippen molar-refractivity contribution in [3.8, 4) is 0 Å². The fourth-order valence-electron chi connectivity index (χ4n) is 0.675. The molecular formula is C6H15N3O3S. The Morgan fingerprint density at radius 3 is 2.46 bits per heavy atom. The van der Waals surface area contributed by atoms with Gasteiger partial charge in [-0.2, -0.15) is 0 Å².